The quantitative estimate of drug-likeness (QED) is 0.792. The number of nitrogens with two attached hydrogens (primary N) is 1. The Morgan fingerprint density at radius 3 is 3.00 bits per heavy atom. The average molecular weight is 217 g/mol. The molecule has 2 N–H and O–H groups in total. The zero-order valence-corrected chi connectivity index (χ0v) is 9.30. The highest BCUT2D eigenvalue weighted by Gasteiger charge is 2.06. The Kier molecular flexibility index (Phi) is 3.14. The van der Waals surface area contributed by atoms with Crippen LogP contribution in [0.3, 0.4) is 0 Å². The van der Waals surface area contributed by atoms with Gasteiger partial charge in [0.15, 0.2) is 11.5 Å². The van der Waals surface area contributed by atoms with Gasteiger partial charge in [-0.1, -0.05) is 19.1 Å². The zero-order chi connectivity index (χ0) is 11.4. The SMILES string of the molecule is CC/C=C\CCn1cnc2c(N)ncnc21. The van der Waals surface area contributed by atoms with E-state index in [1.54, 1.807) is 6.33 Å². The second-order valence-corrected chi connectivity index (χ2v) is 3.54. The lowest BCUT2D eigenvalue weighted by molar-refractivity contribution is 0.722. The lowest BCUT2D eigenvalue weighted by Gasteiger charge is -2.00. The molecule has 0 unspecified atom stereocenters. The fourth-order valence-corrected chi connectivity index (χ4v) is 1.56. The van der Waals surface area contributed by atoms with Crippen LogP contribution in [0.1, 0.15) is 19.8 Å². The molecule has 0 aliphatic heterocycles. The van der Waals surface area contributed by atoms with Crippen molar-refractivity contribution in [1.29, 1.82) is 0 Å². The first kappa shape index (κ1) is 10.6. The molecule has 0 bridgehead atoms. The Hall–Kier alpha value is -1.91. The molecule has 5 nitrogen and oxygen atoms in total. The molecular weight excluding hydrogens is 202 g/mol. The van der Waals surface area contributed by atoms with Crippen LogP contribution in [-0.2, 0) is 6.54 Å². The first-order chi connectivity index (χ1) is 7.83. The van der Waals surface area contributed by atoms with Crippen molar-refractivity contribution in [3.63, 3.8) is 0 Å². The van der Waals surface area contributed by atoms with E-state index in [-0.39, 0.29) is 0 Å². The van der Waals surface area contributed by atoms with Gasteiger partial charge in [-0.2, -0.15) is 0 Å². The first-order valence-electron chi connectivity index (χ1n) is 5.39. The lowest BCUT2D eigenvalue weighted by Crippen LogP contribution is -1.98. The van der Waals surface area contributed by atoms with E-state index in [2.05, 4.69) is 34.0 Å². The number of nitrogen functional groups attached to an aromatic ring is 1. The van der Waals surface area contributed by atoms with Gasteiger partial charge in [0.2, 0.25) is 0 Å². The first-order valence-corrected chi connectivity index (χ1v) is 5.39. The maximum Gasteiger partial charge on any atom is 0.165 e. The number of nitrogens with zero attached hydrogens (tertiary/aromatic N) is 4. The van der Waals surface area contributed by atoms with Crippen LogP contribution >= 0.6 is 0 Å². The number of anilines is 1. The molecular formula is C11H15N5. The normalized spacial score (nSPS) is 11.6. The topological polar surface area (TPSA) is 69.6 Å². The predicted molar refractivity (Wildman–Crippen MR) is 63.8 cm³/mol. The van der Waals surface area contributed by atoms with Gasteiger partial charge in [0.05, 0.1) is 6.33 Å². The van der Waals surface area contributed by atoms with Gasteiger partial charge in [-0.25, -0.2) is 15.0 Å². The van der Waals surface area contributed by atoms with Crippen LogP contribution in [0.5, 0.6) is 0 Å². The van der Waals surface area contributed by atoms with Crippen molar-refractivity contribution in [3.8, 4) is 0 Å². The summed E-state index contributed by atoms with van der Waals surface area (Å²) in [7, 11) is 0. The van der Waals surface area contributed by atoms with Crippen molar-refractivity contribution in [2.75, 3.05) is 5.73 Å². The fraction of sp³-hybridized carbons (Fsp3) is 0.364. The zero-order valence-electron chi connectivity index (χ0n) is 9.30. The third-order valence-electron chi connectivity index (χ3n) is 2.37. The lowest BCUT2D eigenvalue weighted by atomic mass is 10.3. The van der Waals surface area contributed by atoms with Crippen molar-refractivity contribution < 1.29 is 0 Å². The highest BCUT2D eigenvalue weighted by molar-refractivity contribution is 5.80. The molecule has 5 heteroatoms. The van der Waals surface area contributed by atoms with Crippen molar-refractivity contribution in [3.05, 3.63) is 24.8 Å². The summed E-state index contributed by atoms with van der Waals surface area (Å²) in [6.07, 6.45) is 9.59. The van der Waals surface area contributed by atoms with Crippen LogP contribution in [0.2, 0.25) is 0 Å². The number of aromatic nitrogens is 4. The number of aryl methyl sites for hydroxylation is 1. The highest BCUT2D eigenvalue weighted by atomic mass is 15.1. The molecule has 2 heterocycles. The fourth-order valence-electron chi connectivity index (χ4n) is 1.56. The minimum Gasteiger partial charge on any atom is -0.382 e. The van der Waals surface area contributed by atoms with Gasteiger partial charge in [0.25, 0.3) is 0 Å². The summed E-state index contributed by atoms with van der Waals surface area (Å²) in [5.74, 6) is 0.438. The molecule has 2 rings (SSSR count). The van der Waals surface area contributed by atoms with E-state index in [1.165, 1.54) is 6.33 Å². The molecule has 0 saturated carbocycles. The van der Waals surface area contributed by atoms with E-state index in [0.29, 0.717) is 11.3 Å². The maximum atomic E-state index is 5.70. The predicted octanol–water partition coefficient (Wildman–Crippen LogP) is 1.76. The highest BCUT2D eigenvalue weighted by Crippen LogP contribution is 2.14. The minimum atomic E-state index is 0.438. The Labute approximate surface area is 94.0 Å². The summed E-state index contributed by atoms with van der Waals surface area (Å²) >= 11 is 0. The molecule has 0 spiro atoms. The monoisotopic (exact) mass is 217 g/mol. The van der Waals surface area contributed by atoms with Gasteiger partial charge < -0.3 is 10.3 Å². The van der Waals surface area contributed by atoms with E-state index in [0.717, 1.165) is 25.0 Å². The van der Waals surface area contributed by atoms with Crippen molar-refractivity contribution in [1.82, 2.24) is 19.5 Å². The number of hydrogen-bond acceptors (Lipinski definition) is 4. The summed E-state index contributed by atoms with van der Waals surface area (Å²) in [5.41, 5.74) is 7.19. The molecule has 0 saturated heterocycles. The Balaban J connectivity index is 2.19. The summed E-state index contributed by atoms with van der Waals surface area (Å²) < 4.78 is 1.99. The molecule has 0 aliphatic rings. The van der Waals surface area contributed by atoms with Gasteiger partial charge in [-0.3, -0.25) is 0 Å². The van der Waals surface area contributed by atoms with Gasteiger partial charge >= 0.3 is 0 Å². The molecule has 0 atom stereocenters. The van der Waals surface area contributed by atoms with Crippen LogP contribution in [-0.4, -0.2) is 19.5 Å². The maximum absolute atomic E-state index is 5.70. The minimum absolute atomic E-state index is 0.438. The summed E-state index contributed by atoms with van der Waals surface area (Å²) in [4.78, 5) is 12.3. The van der Waals surface area contributed by atoms with E-state index in [9.17, 15) is 0 Å². The summed E-state index contributed by atoms with van der Waals surface area (Å²) in [6, 6.07) is 0. The van der Waals surface area contributed by atoms with Crippen LogP contribution < -0.4 is 5.73 Å². The van der Waals surface area contributed by atoms with E-state index < -0.39 is 0 Å². The number of rotatable bonds is 4. The number of fused-ring (bicyclic) bond motifs is 1. The molecule has 84 valence electrons. The second-order valence-electron chi connectivity index (χ2n) is 3.54. The Morgan fingerprint density at radius 2 is 2.19 bits per heavy atom. The molecule has 0 fully saturated rings. The van der Waals surface area contributed by atoms with Crippen molar-refractivity contribution >= 4 is 17.0 Å². The largest absolute Gasteiger partial charge is 0.382 e. The number of hydrogen-bond donors (Lipinski definition) is 1. The summed E-state index contributed by atoms with van der Waals surface area (Å²) in [6.45, 7) is 2.99. The molecule has 0 radical (unpaired) electrons. The Bertz CT molecular complexity index is 500. The average Bonchev–Trinajstić information content (AvgIpc) is 2.70. The van der Waals surface area contributed by atoms with Gasteiger partial charge in [0, 0.05) is 6.54 Å². The van der Waals surface area contributed by atoms with Gasteiger partial charge in [-0.15, -0.1) is 0 Å². The van der Waals surface area contributed by atoms with E-state index in [4.69, 9.17) is 5.73 Å². The molecule has 0 aliphatic carbocycles. The van der Waals surface area contributed by atoms with Crippen molar-refractivity contribution in [2.24, 2.45) is 0 Å². The van der Waals surface area contributed by atoms with Gasteiger partial charge in [-0.05, 0) is 12.8 Å². The molecule has 0 aromatic carbocycles. The van der Waals surface area contributed by atoms with Crippen LogP contribution in [0.4, 0.5) is 5.82 Å². The van der Waals surface area contributed by atoms with Crippen molar-refractivity contribution in [2.45, 2.75) is 26.3 Å². The molecule has 2 aromatic heterocycles. The smallest absolute Gasteiger partial charge is 0.165 e. The number of allylic oxidation sites excluding steroid dienone is 2. The van der Waals surface area contributed by atoms with Crippen LogP contribution in [0.25, 0.3) is 11.2 Å². The molecule has 0 amide bonds. The second kappa shape index (κ2) is 4.74. The summed E-state index contributed by atoms with van der Waals surface area (Å²) in [5, 5.41) is 0. The molecule has 2 aromatic rings. The van der Waals surface area contributed by atoms with E-state index in [1.807, 2.05) is 4.57 Å². The van der Waals surface area contributed by atoms with Crippen LogP contribution in [0.15, 0.2) is 24.8 Å². The third kappa shape index (κ3) is 2.03. The van der Waals surface area contributed by atoms with Crippen LogP contribution in [0, 0.1) is 0 Å². The standard InChI is InChI=1S/C11H15N5/c1-2-3-4-5-6-16-8-15-9-10(12)13-7-14-11(9)16/h3-4,7-8H,2,5-6H2,1H3,(H2,12,13,14)/b4-3-. The van der Waals surface area contributed by atoms with E-state index >= 15 is 0 Å². The Morgan fingerprint density at radius 1 is 1.31 bits per heavy atom. The number of imidazole rings is 1. The van der Waals surface area contributed by atoms with Gasteiger partial charge in [0.1, 0.15) is 11.8 Å². The third-order valence-corrected chi connectivity index (χ3v) is 2.37. The molecule has 16 heavy (non-hydrogen) atoms.